The van der Waals surface area contributed by atoms with Crippen LogP contribution in [0.3, 0.4) is 0 Å². The number of rotatable bonds is 4. The van der Waals surface area contributed by atoms with Crippen LogP contribution in [0.15, 0.2) is 24.3 Å². The van der Waals surface area contributed by atoms with Crippen molar-refractivity contribution in [2.75, 3.05) is 25.0 Å². The molecule has 1 aromatic rings. The first kappa shape index (κ1) is 15.0. The number of amides is 1. The van der Waals surface area contributed by atoms with Gasteiger partial charge in [0.2, 0.25) is 5.91 Å². The molecular formula is C15H23N3O2. The zero-order chi connectivity index (χ0) is 14.5. The summed E-state index contributed by atoms with van der Waals surface area (Å²) < 4.78 is 5.74. The average molecular weight is 277 g/mol. The third kappa shape index (κ3) is 4.03. The van der Waals surface area contributed by atoms with E-state index in [0.29, 0.717) is 0 Å². The summed E-state index contributed by atoms with van der Waals surface area (Å²) in [4.78, 5) is 13.8. The largest absolute Gasteiger partial charge is 0.373 e. The van der Waals surface area contributed by atoms with E-state index in [1.54, 1.807) is 0 Å². The maximum Gasteiger partial charge on any atom is 0.238 e. The van der Waals surface area contributed by atoms with E-state index in [1.807, 2.05) is 24.3 Å². The quantitative estimate of drug-likeness (QED) is 0.867. The third-order valence-corrected chi connectivity index (χ3v) is 3.37. The second-order valence-electron chi connectivity index (χ2n) is 5.36. The molecule has 1 saturated heterocycles. The molecule has 0 spiro atoms. The fraction of sp³-hybridized carbons (Fsp3) is 0.533. The SMILES string of the molecule is CC1CN(Cc2ccccc2NC(=O)CN)CC(C)O1. The molecule has 2 rings (SSSR count). The Kier molecular flexibility index (Phi) is 5.11. The number of nitrogens with one attached hydrogen (secondary N) is 1. The molecule has 1 amide bonds. The number of ether oxygens (including phenoxy) is 1. The topological polar surface area (TPSA) is 67.6 Å². The molecule has 1 aromatic carbocycles. The summed E-state index contributed by atoms with van der Waals surface area (Å²) in [7, 11) is 0. The molecule has 5 heteroatoms. The lowest BCUT2D eigenvalue weighted by Gasteiger charge is -2.35. The Bertz CT molecular complexity index is 454. The smallest absolute Gasteiger partial charge is 0.238 e. The van der Waals surface area contributed by atoms with Crippen molar-refractivity contribution < 1.29 is 9.53 Å². The van der Waals surface area contributed by atoms with Crippen LogP contribution in [0.5, 0.6) is 0 Å². The molecule has 0 aliphatic carbocycles. The number of carbonyl (C=O) groups is 1. The molecule has 0 aromatic heterocycles. The minimum Gasteiger partial charge on any atom is -0.373 e. The van der Waals surface area contributed by atoms with Crippen LogP contribution in [-0.2, 0) is 16.1 Å². The maximum atomic E-state index is 11.5. The number of nitrogens with zero attached hydrogens (tertiary/aromatic N) is 1. The Morgan fingerprint density at radius 3 is 2.65 bits per heavy atom. The summed E-state index contributed by atoms with van der Waals surface area (Å²) >= 11 is 0. The van der Waals surface area contributed by atoms with Gasteiger partial charge in [-0.1, -0.05) is 18.2 Å². The molecule has 2 atom stereocenters. The Balaban J connectivity index is 2.06. The third-order valence-electron chi connectivity index (χ3n) is 3.37. The number of anilines is 1. The van der Waals surface area contributed by atoms with E-state index in [1.165, 1.54) is 0 Å². The van der Waals surface area contributed by atoms with Gasteiger partial charge < -0.3 is 15.8 Å². The summed E-state index contributed by atoms with van der Waals surface area (Å²) in [6.07, 6.45) is 0.481. The molecule has 5 nitrogen and oxygen atoms in total. The van der Waals surface area contributed by atoms with Crippen molar-refractivity contribution in [3.63, 3.8) is 0 Å². The van der Waals surface area contributed by atoms with E-state index >= 15 is 0 Å². The second kappa shape index (κ2) is 6.83. The number of nitrogens with two attached hydrogens (primary N) is 1. The van der Waals surface area contributed by atoms with Crippen LogP contribution in [0.4, 0.5) is 5.69 Å². The summed E-state index contributed by atoms with van der Waals surface area (Å²) in [6, 6.07) is 7.86. The van der Waals surface area contributed by atoms with E-state index in [9.17, 15) is 4.79 Å². The molecule has 2 unspecified atom stereocenters. The van der Waals surface area contributed by atoms with Gasteiger partial charge in [0.15, 0.2) is 0 Å². The molecule has 1 aliphatic rings. The Hall–Kier alpha value is -1.43. The number of para-hydroxylation sites is 1. The number of hydrogen-bond donors (Lipinski definition) is 2. The number of hydrogen-bond acceptors (Lipinski definition) is 4. The molecular weight excluding hydrogens is 254 g/mol. The molecule has 1 fully saturated rings. The van der Waals surface area contributed by atoms with E-state index in [0.717, 1.165) is 30.9 Å². The van der Waals surface area contributed by atoms with E-state index < -0.39 is 0 Å². The minimum absolute atomic E-state index is 0.0000429. The van der Waals surface area contributed by atoms with Crippen molar-refractivity contribution in [2.24, 2.45) is 5.73 Å². The van der Waals surface area contributed by atoms with E-state index in [4.69, 9.17) is 10.5 Å². The fourth-order valence-electron chi connectivity index (χ4n) is 2.64. The predicted octanol–water partition coefficient (Wildman–Crippen LogP) is 1.19. The lowest BCUT2D eigenvalue weighted by atomic mass is 10.1. The van der Waals surface area contributed by atoms with Gasteiger partial charge in [0, 0.05) is 25.3 Å². The standard InChI is InChI=1S/C15H23N3O2/c1-11-8-18(9-12(2)20-11)10-13-5-3-4-6-14(13)17-15(19)7-16/h3-6,11-12H,7-10,16H2,1-2H3,(H,17,19). The van der Waals surface area contributed by atoms with Gasteiger partial charge >= 0.3 is 0 Å². The van der Waals surface area contributed by atoms with Crippen molar-refractivity contribution in [2.45, 2.75) is 32.6 Å². The Morgan fingerprint density at radius 1 is 1.35 bits per heavy atom. The van der Waals surface area contributed by atoms with Gasteiger partial charge in [0.25, 0.3) is 0 Å². The van der Waals surface area contributed by atoms with Crippen LogP contribution in [-0.4, -0.2) is 42.6 Å². The number of benzene rings is 1. The lowest BCUT2D eigenvalue weighted by molar-refractivity contribution is -0.114. The van der Waals surface area contributed by atoms with Crippen LogP contribution < -0.4 is 11.1 Å². The predicted molar refractivity (Wildman–Crippen MR) is 79.4 cm³/mol. The molecule has 20 heavy (non-hydrogen) atoms. The Labute approximate surface area is 120 Å². The summed E-state index contributed by atoms with van der Waals surface area (Å²) in [6.45, 7) is 6.79. The summed E-state index contributed by atoms with van der Waals surface area (Å²) in [5, 5.41) is 2.85. The highest BCUT2D eigenvalue weighted by Gasteiger charge is 2.22. The van der Waals surface area contributed by atoms with Gasteiger partial charge in [0.1, 0.15) is 0 Å². The first-order chi connectivity index (χ1) is 9.58. The number of morpholine rings is 1. The highest BCUT2D eigenvalue weighted by Crippen LogP contribution is 2.20. The second-order valence-corrected chi connectivity index (χ2v) is 5.36. The lowest BCUT2D eigenvalue weighted by Crippen LogP contribution is -2.44. The first-order valence-electron chi connectivity index (χ1n) is 7.04. The highest BCUT2D eigenvalue weighted by atomic mass is 16.5. The Morgan fingerprint density at radius 2 is 2.00 bits per heavy atom. The summed E-state index contributed by atoms with van der Waals surface area (Å²) in [5.41, 5.74) is 7.30. The fourth-order valence-corrected chi connectivity index (χ4v) is 2.64. The molecule has 110 valence electrons. The zero-order valence-electron chi connectivity index (χ0n) is 12.1. The zero-order valence-corrected chi connectivity index (χ0v) is 12.1. The van der Waals surface area contributed by atoms with Crippen molar-refractivity contribution in [3.05, 3.63) is 29.8 Å². The van der Waals surface area contributed by atoms with Gasteiger partial charge in [-0.3, -0.25) is 9.69 Å². The summed E-state index contributed by atoms with van der Waals surface area (Å²) in [5.74, 6) is -0.166. The van der Waals surface area contributed by atoms with E-state index in [-0.39, 0.29) is 24.7 Å². The van der Waals surface area contributed by atoms with Gasteiger partial charge in [-0.25, -0.2) is 0 Å². The monoisotopic (exact) mass is 277 g/mol. The average Bonchev–Trinajstić information content (AvgIpc) is 2.39. The van der Waals surface area contributed by atoms with Crippen LogP contribution in [0.2, 0.25) is 0 Å². The van der Waals surface area contributed by atoms with Gasteiger partial charge in [0.05, 0.1) is 18.8 Å². The van der Waals surface area contributed by atoms with Crippen molar-refractivity contribution in [3.8, 4) is 0 Å². The van der Waals surface area contributed by atoms with Crippen LogP contribution in [0.25, 0.3) is 0 Å². The molecule has 0 bridgehead atoms. The van der Waals surface area contributed by atoms with Crippen molar-refractivity contribution in [1.29, 1.82) is 0 Å². The van der Waals surface area contributed by atoms with Crippen LogP contribution in [0, 0.1) is 0 Å². The van der Waals surface area contributed by atoms with Crippen molar-refractivity contribution in [1.82, 2.24) is 4.90 Å². The molecule has 3 N–H and O–H groups in total. The normalized spacial score (nSPS) is 23.6. The highest BCUT2D eigenvalue weighted by molar-refractivity contribution is 5.92. The molecule has 0 radical (unpaired) electrons. The minimum atomic E-state index is -0.166. The maximum absolute atomic E-state index is 11.5. The van der Waals surface area contributed by atoms with Crippen molar-refractivity contribution >= 4 is 11.6 Å². The van der Waals surface area contributed by atoms with Gasteiger partial charge in [-0.05, 0) is 25.5 Å². The molecule has 1 heterocycles. The first-order valence-corrected chi connectivity index (χ1v) is 7.04. The van der Waals surface area contributed by atoms with Gasteiger partial charge in [-0.15, -0.1) is 0 Å². The van der Waals surface area contributed by atoms with Crippen LogP contribution in [0.1, 0.15) is 19.4 Å². The van der Waals surface area contributed by atoms with E-state index in [2.05, 4.69) is 24.1 Å². The van der Waals surface area contributed by atoms with Gasteiger partial charge in [-0.2, -0.15) is 0 Å². The molecule has 0 saturated carbocycles. The van der Waals surface area contributed by atoms with Crippen LogP contribution >= 0.6 is 0 Å². The molecule has 1 aliphatic heterocycles. The number of carbonyl (C=O) groups excluding carboxylic acids is 1.